The molecule has 9 heteroatoms. The van der Waals surface area contributed by atoms with E-state index in [2.05, 4.69) is 4.90 Å². The van der Waals surface area contributed by atoms with Crippen molar-refractivity contribution >= 4 is 34.5 Å². The smallest absolute Gasteiger partial charge is 0.264 e. The van der Waals surface area contributed by atoms with Crippen molar-refractivity contribution in [2.75, 3.05) is 45.9 Å². The minimum absolute atomic E-state index is 0.00732. The van der Waals surface area contributed by atoms with Gasteiger partial charge in [-0.2, -0.15) is 0 Å². The highest BCUT2D eigenvalue weighted by Gasteiger charge is 2.24. The predicted octanol–water partition coefficient (Wildman–Crippen LogP) is 4.26. The summed E-state index contributed by atoms with van der Waals surface area (Å²) >= 11 is 3.03. The molecule has 1 aliphatic heterocycles. The Hall–Kier alpha value is -2.59. The maximum absolute atomic E-state index is 13.6. The number of hydrogen-bond donors (Lipinski definition) is 0. The van der Waals surface area contributed by atoms with Crippen LogP contribution in [-0.2, 0) is 22.6 Å². The molecule has 2 amide bonds. The van der Waals surface area contributed by atoms with Crippen LogP contribution in [0.15, 0.2) is 53.9 Å². The SMILES string of the molecule is Cc1ccc(CN(Cc2ccc(F)cc2)C(=O)CN(CCN2CCOCC2)C(=O)c2cccs2)s1. The molecule has 1 saturated heterocycles. The molecule has 35 heavy (non-hydrogen) atoms. The summed E-state index contributed by atoms with van der Waals surface area (Å²) in [4.78, 5) is 35.4. The number of nitrogens with zero attached hydrogens (tertiary/aromatic N) is 3. The van der Waals surface area contributed by atoms with Crippen LogP contribution in [0.4, 0.5) is 4.39 Å². The van der Waals surface area contributed by atoms with Gasteiger partial charge in [-0.1, -0.05) is 18.2 Å². The van der Waals surface area contributed by atoms with E-state index in [-0.39, 0.29) is 24.2 Å². The van der Waals surface area contributed by atoms with Gasteiger partial charge in [-0.15, -0.1) is 22.7 Å². The Bertz CT molecular complexity index is 1100. The molecule has 2 aromatic heterocycles. The highest BCUT2D eigenvalue weighted by atomic mass is 32.1. The van der Waals surface area contributed by atoms with Crippen LogP contribution in [0.1, 0.15) is 25.0 Å². The number of benzene rings is 1. The van der Waals surface area contributed by atoms with Crippen molar-refractivity contribution in [2.45, 2.75) is 20.0 Å². The van der Waals surface area contributed by atoms with E-state index in [9.17, 15) is 14.0 Å². The van der Waals surface area contributed by atoms with E-state index >= 15 is 0 Å². The zero-order valence-electron chi connectivity index (χ0n) is 19.8. The minimum atomic E-state index is -0.309. The normalized spacial score (nSPS) is 14.1. The monoisotopic (exact) mass is 515 g/mol. The number of ether oxygens (including phenoxy) is 1. The summed E-state index contributed by atoms with van der Waals surface area (Å²) in [6, 6.07) is 13.9. The highest BCUT2D eigenvalue weighted by molar-refractivity contribution is 7.12. The van der Waals surface area contributed by atoms with Crippen LogP contribution < -0.4 is 0 Å². The molecule has 6 nitrogen and oxygen atoms in total. The highest BCUT2D eigenvalue weighted by Crippen LogP contribution is 2.20. The Labute approximate surface area is 213 Å². The summed E-state index contributed by atoms with van der Waals surface area (Å²) in [6.45, 7) is 6.99. The number of amides is 2. The van der Waals surface area contributed by atoms with Gasteiger partial charge in [0.15, 0.2) is 0 Å². The van der Waals surface area contributed by atoms with E-state index in [1.807, 2.05) is 30.5 Å². The lowest BCUT2D eigenvalue weighted by Gasteiger charge is -2.31. The zero-order chi connectivity index (χ0) is 24.6. The molecule has 186 valence electrons. The fourth-order valence-corrected chi connectivity index (χ4v) is 5.56. The summed E-state index contributed by atoms with van der Waals surface area (Å²) in [5.41, 5.74) is 0.845. The van der Waals surface area contributed by atoms with E-state index in [0.717, 1.165) is 23.5 Å². The largest absolute Gasteiger partial charge is 0.379 e. The molecule has 0 aliphatic carbocycles. The first-order valence-electron chi connectivity index (χ1n) is 11.7. The Balaban J connectivity index is 1.50. The maximum atomic E-state index is 13.6. The number of rotatable bonds is 10. The Morgan fingerprint density at radius 2 is 1.80 bits per heavy atom. The number of carbonyl (C=O) groups is 2. The van der Waals surface area contributed by atoms with Gasteiger partial charge < -0.3 is 14.5 Å². The molecule has 0 N–H and O–H groups in total. The second-order valence-corrected chi connectivity index (χ2v) is 10.9. The van der Waals surface area contributed by atoms with Gasteiger partial charge in [0.1, 0.15) is 12.4 Å². The second kappa shape index (κ2) is 12.4. The Morgan fingerprint density at radius 3 is 2.46 bits per heavy atom. The predicted molar refractivity (Wildman–Crippen MR) is 137 cm³/mol. The van der Waals surface area contributed by atoms with Crippen LogP contribution in [0.2, 0.25) is 0 Å². The molecule has 0 spiro atoms. The molecule has 3 heterocycles. The van der Waals surface area contributed by atoms with Crippen LogP contribution in [0.5, 0.6) is 0 Å². The molecule has 0 saturated carbocycles. The van der Waals surface area contributed by atoms with Gasteiger partial charge in [0.25, 0.3) is 5.91 Å². The second-order valence-electron chi connectivity index (χ2n) is 8.55. The number of hydrogen-bond acceptors (Lipinski definition) is 6. The fourth-order valence-electron chi connectivity index (χ4n) is 3.96. The lowest BCUT2D eigenvalue weighted by molar-refractivity contribution is -0.133. The molecule has 4 rings (SSSR count). The van der Waals surface area contributed by atoms with E-state index < -0.39 is 0 Å². The summed E-state index contributed by atoms with van der Waals surface area (Å²) in [6.07, 6.45) is 0. The summed E-state index contributed by atoms with van der Waals surface area (Å²) in [5.74, 6) is -0.570. The lowest BCUT2D eigenvalue weighted by atomic mass is 10.2. The summed E-state index contributed by atoms with van der Waals surface area (Å²) < 4.78 is 18.9. The van der Waals surface area contributed by atoms with Crippen molar-refractivity contribution in [1.29, 1.82) is 0 Å². The van der Waals surface area contributed by atoms with Crippen LogP contribution in [0, 0.1) is 12.7 Å². The van der Waals surface area contributed by atoms with E-state index in [1.54, 1.807) is 39.3 Å². The molecule has 1 aromatic carbocycles. The zero-order valence-corrected chi connectivity index (χ0v) is 21.5. The van der Waals surface area contributed by atoms with Crippen molar-refractivity contribution in [3.8, 4) is 0 Å². The van der Waals surface area contributed by atoms with E-state index in [4.69, 9.17) is 4.74 Å². The van der Waals surface area contributed by atoms with Crippen LogP contribution >= 0.6 is 22.7 Å². The van der Waals surface area contributed by atoms with Gasteiger partial charge in [0.2, 0.25) is 5.91 Å². The van der Waals surface area contributed by atoms with Gasteiger partial charge in [0, 0.05) is 42.5 Å². The molecule has 3 aromatic rings. The first kappa shape index (κ1) is 25.5. The molecule has 0 atom stereocenters. The van der Waals surface area contributed by atoms with Gasteiger partial charge in [-0.3, -0.25) is 14.5 Å². The van der Waals surface area contributed by atoms with Crippen molar-refractivity contribution in [1.82, 2.24) is 14.7 Å². The third kappa shape index (κ3) is 7.44. The van der Waals surface area contributed by atoms with Crippen molar-refractivity contribution < 1.29 is 18.7 Å². The number of thiophene rings is 2. The molecule has 0 bridgehead atoms. The fraction of sp³-hybridized carbons (Fsp3) is 0.385. The van der Waals surface area contributed by atoms with Crippen molar-refractivity contribution in [3.05, 3.63) is 79.9 Å². The van der Waals surface area contributed by atoms with Gasteiger partial charge in [-0.05, 0) is 48.2 Å². The molecular weight excluding hydrogens is 485 g/mol. The standard InChI is InChI=1S/C26H30FN3O3S2/c1-20-4-9-23(35-20)18-30(17-21-5-7-22(27)8-6-21)25(31)19-29(26(32)24-3-2-16-34-24)11-10-28-12-14-33-15-13-28/h2-9,16H,10-15,17-19H2,1H3. The van der Waals surface area contributed by atoms with Crippen LogP contribution in [-0.4, -0.2) is 72.5 Å². The average molecular weight is 516 g/mol. The Kier molecular flexibility index (Phi) is 9.03. The summed E-state index contributed by atoms with van der Waals surface area (Å²) in [5, 5.41) is 1.87. The maximum Gasteiger partial charge on any atom is 0.264 e. The van der Waals surface area contributed by atoms with Crippen molar-refractivity contribution in [2.24, 2.45) is 0 Å². The Morgan fingerprint density at radius 1 is 1.03 bits per heavy atom. The molecule has 1 aliphatic rings. The first-order chi connectivity index (χ1) is 17.0. The molecule has 1 fully saturated rings. The van der Waals surface area contributed by atoms with Gasteiger partial charge in [0.05, 0.1) is 24.6 Å². The molecule has 0 radical (unpaired) electrons. The molecular formula is C26H30FN3O3S2. The van der Waals surface area contributed by atoms with E-state index in [1.165, 1.54) is 28.3 Å². The third-order valence-electron chi connectivity index (χ3n) is 5.92. The number of aryl methyl sites for hydroxylation is 1. The number of halogens is 1. The average Bonchev–Trinajstić information content (AvgIpc) is 3.55. The first-order valence-corrected chi connectivity index (χ1v) is 13.4. The summed E-state index contributed by atoms with van der Waals surface area (Å²) in [7, 11) is 0. The quantitative estimate of drug-likeness (QED) is 0.405. The molecule has 0 unspecified atom stereocenters. The minimum Gasteiger partial charge on any atom is -0.379 e. The lowest BCUT2D eigenvalue weighted by Crippen LogP contribution is -2.46. The number of morpholine rings is 1. The third-order valence-corrected chi connectivity index (χ3v) is 7.76. The van der Waals surface area contributed by atoms with Crippen LogP contribution in [0.25, 0.3) is 0 Å². The van der Waals surface area contributed by atoms with Gasteiger partial charge >= 0.3 is 0 Å². The van der Waals surface area contributed by atoms with Crippen molar-refractivity contribution in [3.63, 3.8) is 0 Å². The van der Waals surface area contributed by atoms with E-state index in [0.29, 0.717) is 44.3 Å². The topological polar surface area (TPSA) is 53.1 Å². The number of carbonyl (C=O) groups excluding carboxylic acids is 2. The van der Waals surface area contributed by atoms with Crippen LogP contribution in [0.3, 0.4) is 0 Å². The van der Waals surface area contributed by atoms with Gasteiger partial charge in [-0.25, -0.2) is 4.39 Å².